The third-order valence-electron chi connectivity index (χ3n) is 2.82. The molecule has 19 heavy (non-hydrogen) atoms. The Kier molecular flexibility index (Phi) is 2.93. The highest BCUT2D eigenvalue weighted by atomic mass is 35.7. The van der Waals surface area contributed by atoms with E-state index < -0.39 is 16.3 Å². The maximum absolute atomic E-state index is 10.9. The van der Waals surface area contributed by atoms with Crippen molar-refractivity contribution < 1.29 is 33.2 Å². The van der Waals surface area contributed by atoms with E-state index in [0.29, 0.717) is 22.6 Å². The summed E-state index contributed by atoms with van der Waals surface area (Å²) in [5.41, 5.74) is 1.02. The summed E-state index contributed by atoms with van der Waals surface area (Å²) in [4.78, 5) is 0. The van der Waals surface area contributed by atoms with Gasteiger partial charge in [0.15, 0.2) is 0 Å². The molecule has 0 bridgehead atoms. The van der Waals surface area contributed by atoms with Crippen LogP contribution in [0.3, 0.4) is 0 Å². The fraction of sp³-hybridized carbons (Fsp3) is 0.0769. The van der Waals surface area contributed by atoms with E-state index in [1.54, 1.807) is 48.5 Å². The molecule has 0 unspecified atom stereocenters. The van der Waals surface area contributed by atoms with Crippen LogP contribution < -0.4 is 18.7 Å². The lowest BCUT2D eigenvalue weighted by molar-refractivity contribution is -1.92. The zero-order valence-electron chi connectivity index (χ0n) is 9.62. The Morgan fingerprint density at radius 1 is 0.842 bits per heavy atom. The Balaban J connectivity index is 2.11. The summed E-state index contributed by atoms with van der Waals surface area (Å²) in [6.07, 6.45) is -0.981. The lowest BCUT2D eigenvalue weighted by Crippen LogP contribution is -2.61. The van der Waals surface area contributed by atoms with Crippen LogP contribution in [-0.4, -0.2) is 0 Å². The summed E-state index contributed by atoms with van der Waals surface area (Å²) >= 11 is 0. The van der Waals surface area contributed by atoms with Crippen molar-refractivity contribution >= 4 is 0 Å². The van der Waals surface area contributed by atoms with Crippen molar-refractivity contribution in [2.45, 2.75) is 6.10 Å². The van der Waals surface area contributed by atoms with Gasteiger partial charge in [-0.05, 0) is 12.1 Å². The minimum atomic E-state index is -4.53. The van der Waals surface area contributed by atoms with Gasteiger partial charge in [0.05, 0.1) is 14.5 Å². The van der Waals surface area contributed by atoms with Crippen LogP contribution in [0.5, 0.6) is 11.5 Å². The van der Waals surface area contributed by atoms with Crippen LogP contribution in [0.15, 0.2) is 48.5 Å². The number of rotatable bonds is 2. The summed E-state index contributed by atoms with van der Waals surface area (Å²) in [7, 11) is -4.53. The normalized spacial score (nSPS) is 14.5. The Hall–Kier alpha value is -1.63. The quantitative estimate of drug-likeness (QED) is 0.760. The summed E-state index contributed by atoms with van der Waals surface area (Å²) in [6.45, 7) is 0. The van der Waals surface area contributed by atoms with Crippen molar-refractivity contribution in [3.63, 3.8) is 0 Å². The highest BCUT2D eigenvalue weighted by Crippen LogP contribution is 2.44. The topological polar surface area (TPSA) is 87.6 Å². The maximum Gasteiger partial charge on any atom is 0.271 e. The molecule has 2 aromatic carbocycles. The summed E-state index contributed by atoms with van der Waals surface area (Å²) in [6, 6.07) is 13.7. The second kappa shape index (κ2) is 4.48. The first-order valence-corrected chi connectivity index (χ1v) is 6.73. The first-order valence-electron chi connectivity index (χ1n) is 5.49. The summed E-state index contributed by atoms with van der Waals surface area (Å²) in [5, 5.41) is 0. The molecule has 1 aliphatic heterocycles. The molecule has 2 aromatic rings. The second-order valence-corrected chi connectivity index (χ2v) is 4.96. The lowest BCUT2D eigenvalue weighted by atomic mass is 9.97. The highest BCUT2D eigenvalue weighted by Gasteiger charge is 2.38. The van der Waals surface area contributed by atoms with E-state index in [9.17, 15) is 14.0 Å². The number of halogens is 1. The molecule has 98 valence electrons. The molecule has 0 N–H and O–H groups in total. The van der Waals surface area contributed by atoms with Crippen LogP contribution in [-0.2, 0) is 4.29 Å². The predicted molar refractivity (Wildman–Crippen MR) is 55.9 cm³/mol. The zero-order valence-corrected chi connectivity index (χ0v) is 10.4. The number of hydrogen-bond acceptors (Lipinski definition) is 5. The van der Waals surface area contributed by atoms with Crippen molar-refractivity contribution in [3.05, 3.63) is 59.7 Å². The zero-order chi connectivity index (χ0) is 13.5. The van der Waals surface area contributed by atoms with Gasteiger partial charge < -0.3 is 4.74 Å². The van der Waals surface area contributed by atoms with Crippen molar-refractivity contribution in [2.24, 2.45) is 0 Å². The fourth-order valence-electron chi connectivity index (χ4n) is 2.07. The van der Waals surface area contributed by atoms with Crippen LogP contribution in [0.1, 0.15) is 17.2 Å². The number of para-hydroxylation sites is 2. The fourth-order valence-corrected chi connectivity index (χ4v) is 2.48. The van der Waals surface area contributed by atoms with Gasteiger partial charge in [-0.15, -0.1) is 0 Å². The average Bonchev–Trinajstić information content (AvgIpc) is 2.37. The Morgan fingerprint density at radius 2 is 1.32 bits per heavy atom. The van der Waals surface area contributed by atoms with E-state index in [1.165, 1.54) is 0 Å². The summed E-state index contributed by atoms with van der Waals surface area (Å²) in [5.74, 6) is 0.954. The van der Waals surface area contributed by atoms with E-state index in [2.05, 4.69) is 4.29 Å². The van der Waals surface area contributed by atoms with Crippen molar-refractivity contribution in [1.29, 1.82) is 0 Å². The molecule has 0 spiro atoms. The SMILES string of the molecule is [O-][Cl+3]([O-])([O-])OC1c2ccccc2Oc2ccccc21. The third-order valence-corrected chi connectivity index (χ3v) is 3.22. The first-order chi connectivity index (χ1) is 9.04. The van der Waals surface area contributed by atoms with E-state index in [1.807, 2.05) is 0 Å². The molecule has 3 rings (SSSR count). The third kappa shape index (κ3) is 2.42. The van der Waals surface area contributed by atoms with Crippen LogP contribution in [0.4, 0.5) is 0 Å². The van der Waals surface area contributed by atoms with Gasteiger partial charge in [-0.2, -0.15) is 14.0 Å². The lowest BCUT2D eigenvalue weighted by Gasteiger charge is -2.25. The minimum absolute atomic E-state index is 0.477. The molecule has 5 nitrogen and oxygen atoms in total. The maximum atomic E-state index is 10.9. The first kappa shape index (κ1) is 12.4. The molecule has 0 atom stereocenters. The summed E-state index contributed by atoms with van der Waals surface area (Å²) < 4.78 is 42.9. The smallest absolute Gasteiger partial charge is 0.271 e. The van der Waals surface area contributed by atoms with Crippen LogP contribution in [0, 0.1) is 10.2 Å². The van der Waals surface area contributed by atoms with E-state index in [-0.39, 0.29) is 0 Å². The number of fused-ring (bicyclic) bond motifs is 2. The van der Waals surface area contributed by atoms with Gasteiger partial charge in [0.1, 0.15) is 11.5 Å². The second-order valence-electron chi connectivity index (χ2n) is 4.02. The Morgan fingerprint density at radius 3 is 1.79 bits per heavy atom. The predicted octanol–water partition coefficient (Wildman–Crippen LogP) is -0.204. The van der Waals surface area contributed by atoms with Gasteiger partial charge in [0, 0.05) is 11.1 Å². The van der Waals surface area contributed by atoms with Gasteiger partial charge in [-0.3, -0.25) is 0 Å². The van der Waals surface area contributed by atoms with Crippen LogP contribution in [0.25, 0.3) is 0 Å². The van der Waals surface area contributed by atoms with E-state index >= 15 is 0 Å². The highest BCUT2D eigenvalue weighted by molar-refractivity contribution is 5.51. The van der Waals surface area contributed by atoms with Crippen molar-refractivity contribution in [2.75, 3.05) is 0 Å². The Labute approximate surface area is 111 Å². The molecule has 0 saturated carbocycles. The average molecular weight is 281 g/mol. The molecule has 1 heterocycles. The monoisotopic (exact) mass is 280 g/mol. The molecule has 0 fully saturated rings. The molecular weight excluding hydrogens is 272 g/mol. The number of hydrogen-bond donors (Lipinski definition) is 0. The number of benzene rings is 2. The minimum Gasteiger partial charge on any atom is -0.457 e. The molecule has 1 aliphatic rings. The van der Waals surface area contributed by atoms with Gasteiger partial charge in [0.2, 0.25) is 0 Å². The van der Waals surface area contributed by atoms with Crippen LogP contribution in [0.2, 0.25) is 0 Å². The molecule has 0 amide bonds. The van der Waals surface area contributed by atoms with Gasteiger partial charge in [-0.25, -0.2) is 0 Å². The number of ether oxygens (including phenoxy) is 1. The largest absolute Gasteiger partial charge is 0.457 e. The Bertz CT molecular complexity index is 562. The van der Waals surface area contributed by atoms with Gasteiger partial charge in [0.25, 0.3) is 6.10 Å². The molecule has 0 saturated heterocycles. The molecule has 0 aliphatic carbocycles. The van der Waals surface area contributed by atoms with Gasteiger partial charge >= 0.3 is 0 Å². The van der Waals surface area contributed by atoms with E-state index in [4.69, 9.17) is 4.74 Å². The molecular formula is C13H9ClO5. The molecule has 0 aromatic heterocycles. The standard InChI is InChI=1S/C13H9ClO5/c15-14(16,17)19-13-9-5-1-3-7-11(9)18-12-8-4-2-6-10(12)13/h1-8,13H. The van der Waals surface area contributed by atoms with Crippen molar-refractivity contribution in [1.82, 2.24) is 0 Å². The van der Waals surface area contributed by atoms with Crippen LogP contribution >= 0.6 is 0 Å². The van der Waals surface area contributed by atoms with Gasteiger partial charge in [-0.1, -0.05) is 36.4 Å². The molecule has 0 radical (unpaired) electrons. The molecule has 6 heteroatoms. The van der Waals surface area contributed by atoms with Crippen molar-refractivity contribution in [3.8, 4) is 11.5 Å². The van der Waals surface area contributed by atoms with E-state index in [0.717, 1.165) is 0 Å².